The van der Waals surface area contributed by atoms with E-state index in [9.17, 15) is 9.59 Å². The van der Waals surface area contributed by atoms with Crippen molar-refractivity contribution >= 4 is 11.9 Å². The van der Waals surface area contributed by atoms with E-state index < -0.39 is 5.41 Å². The average molecular weight is 340 g/mol. The van der Waals surface area contributed by atoms with Crippen molar-refractivity contribution in [1.29, 1.82) is 0 Å². The Morgan fingerprint density at radius 1 is 0.720 bits per heavy atom. The Hall–Kier alpha value is -2.62. The molecule has 0 atom stereocenters. The van der Waals surface area contributed by atoms with Gasteiger partial charge in [0.15, 0.2) is 0 Å². The molecule has 0 aliphatic heterocycles. The van der Waals surface area contributed by atoms with Crippen LogP contribution in [-0.2, 0) is 32.3 Å². The molecule has 0 saturated heterocycles. The maximum atomic E-state index is 12.0. The van der Waals surface area contributed by atoms with Gasteiger partial charge in [-0.25, -0.2) is 0 Å². The summed E-state index contributed by atoms with van der Waals surface area (Å²) >= 11 is 0. The topological polar surface area (TPSA) is 52.6 Å². The van der Waals surface area contributed by atoms with Gasteiger partial charge in [-0.3, -0.25) is 9.59 Å². The second kappa shape index (κ2) is 9.02. The third kappa shape index (κ3) is 7.21. The summed E-state index contributed by atoms with van der Waals surface area (Å²) in [5.74, 6) is -0.630. The Morgan fingerprint density at radius 2 is 1.08 bits per heavy atom. The van der Waals surface area contributed by atoms with E-state index >= 15 is 0 Å². The quantitative estimate of drug-likeness (QED) is 0.673. The van der Waals surface area contributed by atoms with E-state index in [0.717, 1.165) is 11.1 Å². The van der Waals surface area contributed by atoms with Gasteiger partial charge in [-0.15, -0.1) is 0 Å². The summed E-state index contributed by atoms with van der Waals surface area (Å²) in [6, 6.07) is 19.0. The maximum absolute atomic E-state index is 12.0. The maximum Gasteiger partial charge on any atom is 0.306 e. The molecule has 2 aromatic carbocycles. The van der Waals surface area contributed by atoms with Gasteiger partial charge in [-0.1, -0.05) is 74.5 Å². The number of esters is 2. The molecule has 25 heavy (non-hydrogen) atoms. The molecule has 0 spiro atoms. The summed E-state index contributed by atoms with van der Waals surface area (Å²) in [5, 5.41) is 0. The second-order valence-electron chi connectivity index (χ2n) is 6.81. The Labute approximate surface area is 148 Å². The Balaban J connectivity index is 1.74. The summed E-state index contributed by atoms with van der Waals surface area (Å²) < 4.78 is 10.6. The van der Waals surface area contributed by atoms with Gasteiger partial charge >= 0.3 is 11.9 Å². The first-order valence-corrected chi connectivity index (χ1v) is 8.34. The Morgan fingerprint density at radius 3 is 1.44 bits per heavy atom. The molecule has 2 aromatic rings. The molecule has 0 saturated carbocycles. The lowest BCUT2D eigenvalue weighted by atomic mass is 9.86. The lowest BCUT2D eigenvalue weighted by molar-refractivity contribution is -0.151. The van der Waals surface area contributed by atoms with Gasteiger partial charge in [-0.05, 0) is 16.5 Å². The van der Waals surface area contributed by atoms with Crippen molar-refractivity contribution in [2.24, 2.45) is 5.41 Å². The normalized spacial score (nSPS) is 11.0. The number of rotatable bonds is 8. The fourth-order valence-electron chi connectivity index (χ4n) is 2.42. The smallest absolute Gasteiger partial charge is 0.306 e. The molecule has 4 heteroatoms. The van der Waals surface area contributed by atoms with Crippen LogP contribution in [0.4, 0.5) is 0 Å². The van der Waals surface area contributed by atoms with Crippen LogP contribution in [0, 0.1) is 5.41 Å². The molecule has 0 aliphatic carbocycles. The van der Waals surface area contributed by atoms with Crippen molar-refractivity contribution in [3.8, 4) is 0 Å². The van der Waals surface area contributed by atoms with Gasteiger partial charge in [0.1, 0.15) is 13.2 Å². The zero-order valence-corrected chi connectivity index (χ0v) is 14.7. The molecule has 0 fully saturated rings. The molecule has 0 bridgehead atoms. The van der Waals surface area contributed by atoms with Gasteiger partial charge in [-0.2, -0.15) is 0 Å². The van der Waals surface area contributed by atoms with Crippen LogP contribution in [0.1, 0.15) is 37.8 Å². The molecule has 0 N–H and O–H groups in total. The minimum atomic E-state index is -0.512. The number of carbonyl (C=O) groups is 2. The zero-order chi connectivity index (χ0) is 18.1. The summed E-state index contributed by atoms with van der Waals surface area (Å²) in [5.41, 5.74) is 1.37. The van der Waals surface area contributed by atoms with Gasteiger partial charge in [0.2, 0.25) is 0 Å². The number of benzene rings is 2. The van der Waals surface area contributed by atoms with Crippen LogP contribution in [0.5, 0.6) is 0 Å². The van der Waals surface area contributed by atoms with Gasteiger partial charge < -0.3 is 9.47 Å². The van der Waals surface area contributed by atoms with Crippen LogP contribution < -0.4 is 0 Å². The lowest BCUT2D eigenvalue weighted by Gasteiger charge is -2.22. The highest BCUT2D eigenvalue weighted by Crippen LogP contribution is 2.26. The van der Waals surface area contributed by atoms with E-state index in [0.29, 0.717) is 0 Å². The third-order valence-electron chi connectivity index (χ3n) is 3.73. The van der Waals surface area contributed by atoms with Crippen LogP contribution >= 0.6 is 0 Å². The lowest BCUT2D eigenvalue weighted by Crippen LogP contribution is -2.23. The molecule has 0 radical (unpaired) electrons. The van der Waals surface area contributed by atoms with Crippen molar-refractivity contribution in [3.63, 3.8) is 0 Å². The number of hydrogen-bond donors (Lipinski definition) is 0. The van der Waals surface area contributed by atoms with Crippen molar-refractivity contribution in [2.75, 3.05) is 0 Å². The van der Waals surface area contributed by atoms with Crippen molar-refractivity contribution < 1.29 is 19.1 Å². The predicted molar refractivity (Wildman–Crippen MR) is 95.5 cm³/mol. The molecule has 0 amide bonds. The van der Waals surface area contributed by atoms with E-state index in [4.69, 9.17) is 9.47 Å². The zero-order valence-electron chi connectivity index (χ0n) is 14.7. The van der Waals surface area contributed by atoms with E-state index in [1.54, 1.807) is 0 Å². The highest BCUT2D eigenvalue weighted by atomic mass is 16.5. The van der Waals surface area contributed by atoms with Crippen molar-refractivity contribution in [3.05, 3.63) is 71.8 Å². The van der Waals surface area contributed by atoms with Crippen molar-refractivity contribution in [1.82, 2.24) is 0 Å². The number of carbonyl (C=O) groups excluding carboxylic acids is 2. The Bertz CT molecular complexity index is 618. The number of hydrogen-bond acceptors (Lipinski definition) is 4. The van der Waals surface area contributed by atoms with Crippen LogP contribution in [0.3, 0.4) is 0 Å². The molecule has 0 heterocycles. The van der Waals surface area contributed by atoms with Crippen LogP contribution in [-0.4, -0.2) is 11.9 Å². The van der Waals surface area contributed by atoms with E-state index in [2.05, 4.69) is 0 Å². The second-order valence-corrected chi connectivity index (χ2v) is 6.81. The molecule has 132 valence electrons. The molecule has 0 aliphatic rings. The summed E-state index contributed by atoms with van der Waals surface area (Å²) in [4.78, 5) is 24.0. The third-order valence-corrected chi connectivity index (χ3v) is 3.73. The molecule has 4 nitrogen and oxygen atoms in total. The summed E-state index contributed by atoms with van der Waals surface area (Å²) in [7, 11) is 0. The van der Waals surface area contributed by atoms with Crippen LogP contribution in [0.2, 0.25) is 0 Å². The fourth-order valence-corrected chi connectivity index (χ4v) is 2.42. The van der Waals surface area contributed by atoms with Crippen LogP contribution in [0.25, 0.3) is 0 Å². The average Bonchev–Trinajstić information content (AvgIpc) is 2.59. The standard InChI is InChI=1S/C21H24O4/c1-21(2,13-19(22)24-15-17-9-5-3-6-10-17)14-20(23)25-16-18-11-7-4-8-12-18/h3-12H,13-16H2,1-2H3. The largest absolute Gasteiger partial charge is 0.461 e. The molecular weight excluding hydrogens is 316 g/mol. The minimum absolute atomic E-state index is 0.167. The van der Waals surface area contributed by atoms with E-state index in [1.807, 2.05) is 74.5 Å². The molecule has 2 rings (SSSR count). The van der Waals surface area contributed by atoms with Gasteiger partial charge in [0.05, 0.1) is 12.8 Å². The van der Waals surface area contributed by atoms with Crippen molar-refractivity contribution in [2.45, 2.75) is 39.9 Å². The number of ether oxygens (including phenoxy) is 2. The first-order chi connectivity index (χ1) is 11.9. The summed E-state index contributed by atoms with van der Waals surface area (Å²) in [6.45, 7) is 4.21. The monoisotopic (exact) mass is 340 g/mol. The highest BCUT2D eigenvalue weighted by molar-refractivity contribution is 5.74. The van der Waals surface area contributed by atoms with Crippen LogP contribution in [0.15, 0.2) is 60.7 Å². The fraction of sp³-hybridized carbons (Fsp3) is 0.333. The SMILES string of the molecule is CC(C)(CC(=O)OCc1ccccc1)CC(=O)OCc1ccccc1. The van der Waals surface area contributed by atoms with Gasteiger partial charge in [0, 0.05) is 0 Å². The molecule has 0 aromatic heterocycles. The van der Waals surface area contributed by atoms with E-state index in [-0.39, 0.29) is 38.0 Å². The van der Waals surface area contributed by atoms with E-state index in [1.165, 1.54) is 0 Å². The molecular formula is C21H24O4. The first-order valence-electron chi connectivity index (χ1n) is 8.34. The Kier molecular flexibility index (Phi) is 6.75. The first kappa shape index (κ1) is 18.7. The summed E-state index contributed by atoms with van der Waals surface area (Å²) in [6.07, 6.45) is 0.334. The minimum Gasteiger partial charge on any atom is -0.461 e. The van der Waals surface area contributed by atoms with Gasteiger partial charge in [0.25, 0.3) is 0 Å². The highest BCUT2D eigenvalue weighted by Gasteiger charge is 2.27. The predicted octanol–water partition coefficient (Wildman–Crippen LogP) is 4.28. The molecule has 0 unspecified atom stereocenters.